The summed E-state index contributed by atoms with van der Waals surface area (Å²) in [4.78, 5) is 4.76. The minimum Gasteiger partial charge on any atom is -0.457 e. The second kappa shape index (κ2) is 12.1. The van der Waals surface area contributed by atoms with Crippen molar-refractivity contribution in [3.8, 4) is 34.1 Å². The van der Waals surface area contributed by atoms with Crippen LogP contribution in [0.1, 0.15) is 82.8 Å². The summed E-state index contributed by atoms with van der Waals surface area (Å²) < 4.78 is 11.2. The van der Waals surface area contributed by atoms with Crippen molar-refractivity contribution in [1.29, 1.82) is 0 Å². The Bertz CT molecular complexity index is 2260. The summed E-state index contributed by atoms with van der Waals surface area (Å²) in [6.45, 7) is 17.8. The minimum atomic E-state index is -0.102. The van der Waals surface area contributed by atoms with Gasteiger partial charge >= 0.3 is 0 Å². The first kappa shape index (κ1) is 31.4. The number of hydrogen-bond donors (Lipinski definition) is 0. The van der Waals surface area contributed by atoms with Gasteiger partial charge in [-0.1, -0.05) is 97.0 Å². The third kappa shape index (κ3) is 5.68. The maximum Gasteiger partial charge on any atom is 0.137 e. The Morgan fingerprint density at radius 2 is 1.42 bits per heavy atom. The Balaban J connectivity index is 1.39. The number of fused-ring (bicyclic) bond motifs is 3. The van der Waals surface area contributed by atoms with Gasteiger partial charge in [0.15, 0.2) is 0 Å². The molecule has 4 aromatic carbocycles. The number of rotatable bonds is 7. The van der Waals surface area contributed by atoms with E-state index in [0.29, 0.717) is 0 Å². The zero-order valence-corrected chi connectivity index (χ0v) is 29.2. The van der Waals surface area contributed by atoms with Crippen molar-refractivity contribution in [1.82, 2.24) is 19.3 Å². The van der Waals surface area contributed by atoms with Crippen molar-refractivity contribution >= 4 is 21.8 Å². The van der Waals surface area contributed by atoms with Crippen LogP contribution in [-0.2, 0) is 5.41 Å². The fourth-order valence-corrected chi connectivity index (χ4v) is 6.72. The number of para-hydroxylation sites is 1. The average Bonchev–Trinajstić information content (AvgIpc) is 3.62. The smallest absolute Gasteiger partial charge is 0.137 e. The van der Waals surface area contributed by atoms with Crippen LogP contribution in [0.25, 0.3) is 44.4 Å². The van der Waals surface area contributed by atoms with E-state index in [1.807, 2.05) is 12.3 Å². The summed E-state index contributed by atoms with van der Waals surface area (Å²) in [7, 11) is 0. The monoisotopic (exact) mass is 632 g/mol. The first-order valence-electron chi connectivity index (χ1n) is 17.0. The van der Waals surface area contributed by atoms with Gasteiger partial charge in [0.25, 0.3) is 0 Å². The maximum atomic E-state index is 6.79. The molecule has 0 atom stereocenters. The lowest BCUT2D eigenvalue weighted by atomic mass is 9.86. The molecule has 48 heavy (non-hydrogen) atoms. The quantitative estimate of drug-likeness (QED) is 0.176. The molecule has 7 aromatic rings. The third-order valence-corrected chi connectivity index (χ3v) is 9.12. The number of benzene rings is 4. The lowest BCUT2D eigenvalue weighted by Gasteiger charge is -2.22. The maximum absolute atomic E-state index is 6.79. The van der Waals surface area contributed by atoms with Crippen LogP contribution in [0, 0.1) is 6.92 Å². The summed E-state index contributed by atoms with van der Waals surface area (Å²) in [5.41, 5.74) is 10.2. The van der Waals surface area contributed by atoms with Gasteiger partial charge in [-0.3, -0.25) is 4.57 Å². The van der Waals surface area contributed by atoms with E-state index in [1.54, 1.807) is 0 Å². The van der Waals surface area contributed by atoms with Crippen molar-refractivity contribution in [2.45, 2.75) is 72.6 Å². The highest BCUT2D eigenvalue weighted by Gasteiger charge is 2.26. The molecule has 0 aliphatic rings. The van der Waals surface area contributed by atoms with Crippen LogP contribution in [0.15, 0.2) is 109 Å². The van der Waals surface area contributed by atoms with Crippen LogP contribution < -0.4 is 4.74 Å². The molecule has 0 aliphatic heterocycles. The molecule has 0 N–H and O–H groups in total. The Labute approximate surface area is 283 Å². The van der Waals surface area contributed by atoms with E-state index in [9.17, 15) is 0 Å². The van der Waals surface area contributed by atoms with E-state index < -0.39 is 0 Å². The molecule has 5 heteroatoms. The standard InChI is InChI=1S/C43H44N4O/c1-27(2)41-40(30-14-10-9-11-15-30)42(28(3)4)47(45-41)32-23-31(43(6,7)8)24-34(25-32)48-33-18-19-36-35-16-12-13-17-37(35)46(38(36)26-33)39-22-29(5)20-21-44-39/h9-28H,1-8H3. The Morgan fingerprint density at radius 3 is 2.12 bits per heavy atom. The van der Waals surface area contributed by atoms with Crippen LogP contribution in [0.4, 0.5) is 0 Å². The topological polar surface area (TPSA) is 44.9 Å². The largest absolute Gasteiger partial charge is 0.457 e. The lowest BCUT2D eigenvalue weighted by Crippen LogP contribution is -2.13. The van der Waals surface area contributed by atoms with Gasteiger partial charge in [0.05, 0.1) is 28.1 Å². The van der Waals surface area contributed by atoms with Gasteiger partial charge in [-0.15, -0.1) is 0 Å². The van der Waals surface area contributed by atoms with E-state index in [2.05, 4.69) is 162 Å². The molecule has 0 saturated heterocycles. The second-order valence-corrected chi connectivity index (χ2v) is 14.5. The fraction of sp³-hybridized carbons (Fsp3) is 0.256. The van der Waals surface area contributed by atoms with Crippen LogP contribution in [-0.4, -0.2) is 19.3 Å². The first-order valence-corrected chi connectivity index (χ1v) is 17.0. The van der Waals surface area contributed by atoms with E-state index >= 15 is 0 Å². The molecule has 0 unspecified atom stereocenters. The highest BCUT2D eigenvalue weighted by Crippen LogP contribution is 2.40. The highest BCUT2D eigenvalue weighted by molar-refractivity contribution is 6.09. The van der Waals surface area contributed by atoms with Crippen molar-refractivity contribution in [2.75, 3.05) is 0 Å². The van der Waals surface area contributed by atoms with Gasteiger partial charge in [0.2, 0.25) is 0 Å². The van der Waals surface area contributed by atoms with Gasteiger partial charge in [0.1, 0.15) is 17.3 Å². The van der Waals surface area contributed by atoms with E-state index in [1.165, 1.54) is 33.3 Å². The van der Waals surface area contributed by atoms with Crippen molar-refractivity contribution in [3.05, 3.63) is 132 Å². The van der Waals surface area contributed by atoms with Gasteiger partial charge in [-0.05, 0) is 83.3 Å². The molecule has 0 aliphatic carbocycles. The average molecular weight is 633 g/mol. The lowest BCUT2D eigenvalue weighted by molar-refractivity contribution is 0.478. The molecule has 0 saturated carbocycles. The normalized spacial score (nSPS) is 12.1. The number of aromatic nitrogens is 4. The van der Waals surface area contributed by atoms with Crippen molar-refractivity contribution in [3.63, 3.8) is 0 Å². The van der Waals surface area contributed by atoms with Crippen LogP contribution >= 0.6 is 0 Å². The van der Waals surface area contributed by atoms with Crippen LogP contribution in [0.3, 0.4) is 0 Å². The van der Waals surface area contributed by atoms with Crippen LogP contribution in [0.2, 0.25) is 0 Å². The molecule has 0 amide bonds. The van der Waals surface area contributed by atoms with Gasteiger partial charge in [0, 0.05) is 34.7 Å². The second-order valence-electron chi connectivity index (χ2n) is 14.5. The molecule has 0 fully saturated rings. The van der Waals surface area contributed by atoms with Crippen molar-refractivity contribution < 1.29 is 4.74 Å². The number of ether oxygens (including phenoxy) is 1. The van der Waals surface area contributed by atoms with Gasteiger partial charge in [-0.2, -0.15) is 5.10 Å². The summed E-state index contributed by atoms with van der Waals surface area (Å²) in [5, 5.41) is 7.67. The molecule has 0 spiro atoms. The molecule has 0 radical (unpaired) electrons. The predicted octanol–water partition coefficient (Wildman–Crippen LogP) is 11.7. The summed E-state index contributed by atoms with van der Waals surface area (Å²) >= 11 is 0. The number of nitrogens with zero attached hydrogens (tertiary/aromatic N) is 4. The molecule has 7 rings (SSSR count). The Morgan fingerprint density at radius 1 is 0.688 bits per heavy atom. The first-order chi connectivity index (χ1) is 23.0. The van der Waals surface area contributed by atoms with E-state index in [4.69, 9.17) is 14.8 Å². The number of aryl methyl sites for hydroxylation is 1. The van der Waals surface area contributed by atoms with Gasteiger partial charge < -0.3 is 4.74 Å². The molecule has 3 heterocycles. The van der Waals surface area contributed by atoms with E-state index in [0.717, 1.165) is 45.1 Å². The van der Waals surface area contributed by atoms with Crippen molar-refractivity contribution in [2.24, 2.45) is 0 Å². The van der Waals surface area contributed by atoms with E-state index in [-0.39, 0.29) is 17.3 Å². The van der Waals surface area contributed by atoms with Gasteiger partial charge in [-0.25, -0.2) is 9.67 Å². The predicted molar refractivity (Wildman–Crippen MR) is 199 cm³/mol. The molecular formula is C43H44N4O. The highest BCUT2D eigenvalue weighted by atomic mass is 16.5. The SMILES string of the molecule is Cc1ccnc(-n2c3ccccc3c3ccc(Oc4cc(-n5nc(C(C)C)c(-c6ccccc6)c5C(C)C)cc(C(C)(C)C)c4)cc32)c1. The summed E-state index contributed by atoms with van der Waals surface area (Å²) in [6.07, 6.45) is 1.87. The minimum absolute atomic E-state index is 0.102. The van der Waals surface area contributed by atoms with Crippen LogP contribution in [0.5, 0.6) is 11.5 Å². The molecular weight excluding hydrogens is 589 g/mol. The molecule has 242 valence electrons. The Hall–Kier alpha value is -5.16. The zero-order chi connectivity index (χ0) is 33.7. The fourth-order valence-electron chi connectivity index (χ4n) is 6.72. The summed E-state index contributed by atoms with van der Waals surface area (Å²) in [5.74, 6) is 2.97. The number of pyridine rings is 1. The Kier molecular flexibility index (Phi) is 7.95. The summed E-state index contributed by atoms with van der Waals surface area (Å²) in [6, 6.07) is 36.3. The third-order valence-electron chi connectivity index (χ3n) is 9.12. The molecule has 0 bridgehead atoms. The zero-order valence-electron chi connectivity index (χ0n) is 29.2. The molecule has 5 nitrogen and oxygen atoms in total. The molecule has 3 aromatic heterocycles. The number of hydrogen-bond acceptors (Lipinski definition) is 3.